The molecule has 1 N–H and O–H groups in total. The Labute approximate surface area is 136 Å². The highest BCUT2D eigenvalue weighted by molar-refractivity contribution is 6.74. The lowest BCUT2D eigenvalue weighted by molar-refractivity contribution is 0.0242. The van der Waals surface area contributed by atoms with Crippen LogP contribution in [0.25, 0.3) is 0 Å². The predicted molar refractivity (Wildman–Crippen MR) is 90.0 cm³/mol. The number of hydrogen-bond donors (Lipinski definition) is 1. The van der Waals surface area contributed by atoms with Gasteiger partial charge in [0.15, 0.2) is 8.32 Å². The van der Waals surface area contributed by atoms with Crippen LogP contribution < -0.4 is 0 Å². The van der Waals surface area contributed by atoms with Crippen LogP contribution >= 0.6 is 0 Å². The van der Waals surface area contributed by atoms with Gasteiger partial charge in [0.2, 0.25) is 0 Å². The van der Waals surface area contributed by atoms with Crippen LogP contribution in [0.1, 0.15) is 48.0 Å². The van der Waals surface area contributed by atoms with Gasteiger partial charge in [-0.2, -0.15) is 0 Å². The van der Waals surface area contributed by atoms with Crippen molar-refractivity contribution >= 4 is 14.4 Å². The maximum atomic E-state index is 12.3. The molecule has 22 heavy (non-hydrogen) atoms. The van der Waals surface area contributed by atoms with Crippen LogP contribution in [0.2, 0.25) is 18.1 Å². The topological polar surface area (TPSA) is 59.0 Å². The van der Waals surface area contributed by atoms with Crippen molar-refractivity contribution in [1.82, 2.24) is 4.90 Å². The van der Waals surface area contributed by atoms with Gasteiger partial charge < -0.3 is 14.3 Å². The Hall–Kier alpha value is -0.593. The van der Waals surface area contributed by atoms with Gasteiger partial charge in [0.05, 0.1) is 12.7 Å². The fourth-order valence-corrected chi connectivity index (χ4v) is 3.42. The average molecular weight is 331 g/mol. The van der Waals surface area contributed by atoms with Crippen LogP contribution in [0.5, 0.6) is 0 Å². The van der Waals surface area contributed by atoms with Crippen molar-refractivity contribution < 1.29 is 19.1 Å². The van der Waals surface area contributed by atoms with Crippen molar-refractivity contribution in [2.24, 2.45) is 0 Å². The van der Waals surface area contributed by atoms with Gasteiger partial charge in [0, 0.05) is 6.54 Å². The summed E-state index contributed by atoms with van der Waals surface area (Å²) in [6.07, 6.45) is 0.109. The minimum atomic E-state index is -1.95. The van der Waals surface area contributed by atoms with Crippen LogP contribution in [0.3, 0.4) is 0 Å². The summed E-state index contributed by atoms with van der Waals surface area (Å²) >= 11 is 0. The maximum Gasteiger partial charge on any atom is 0.411 e. The predicted octanol–water partition coefficient (Wildman–Crippen LogP) is 3.54. The lowest BCUT2D eigenvalue weighted by Gasteiger charge is -2.39. The third-order valence-electron chi connectivity index (χ3n) is 4.35. The molecule has 0 aromatic heterocycles. The number of aliphatic hydroxyl groups excluding tert-OH is 1. The first-order chi connectivity index (χ1) is 9.78. The molecule has 1 saturated heterocycles. The van der Waals surface area contributed by atoms with Crippen LogP contribution in [0.15, 0.2) is 0 Å². The number of nitrogens with zero attached hydrogens (tertiary/aromatic N) is 1. The van der Waals surface area contributed by atoms with Crippen LogP contribution in [0, 0.1) is 6.04 Å². The number of amides is 1. The number of carbonyl (C=O) groups is 1. The van der Waals surface area contributed by atoms with Crippen LogP contribution in [0.4, 0.5) is 4.79 Å². The van der Waals surface area contributed by atoms with E-state index in [-0.39, 0.29) is 17.7 Å². The molecule has 5 nitrogen and oxygen atoms in total. The third-order valence-corrected chi connectivity index (χ3v) is 8.84. The van der Waals surface area contributed by atoms with Crippen molar-refractivity contribution in [3.8, 4) is 0 Å². The molecule has 1 radical (unpaired) electrons. The molecule has 6 heteroatoms. The molecule has 1 heterocycles. The molecule has 1 atom stereocenters. The second kappa shape index (κ2) is 6.49. The number of aliphatic hydroxyl groups is 1. The highest BCUT2D eigenvalue weighted by atomic mass is 28.4. The first-order valence-electron chi connectivity index (χ1n) is 7.93. The van der Waals surface area contributed by atoms with Gasteiger partial charge in [-0.3, -0.25) is 4.90 Å². The van der Waals surface area contributed by atoms with Gasteiger partial charge in [-0.25, -0.2) is 4.79 Å². The monoisotopic (exact) mass is 330 g/mol. The Morgan fingerprint density at radius 2 is 1.82 bits per heavy atom. The smallest absolute Gasteiger partial charge is 0.411 e. The standard InChI is InChI=1S/C16H32NO4Si/c1-15(2,3)20-14(19)17-10-9-13(12(17)11-18)21-22(7,8)16(4,5)6/h13,18H,9-11H2,1-8H3/t13-/m1/s1. The number of likely N-dealkylation sites (tertiary alicyclic amines) is 1. The molecule has 0 aromatic rings. The molecular formula is C16H32NO4Si. The Morgan fingerprint density at radius 3 is 2.23 bits per heavy atom. The molecule has 0 bridgehead atoms. The molecule has 1 amide bonds. The lowest BCUT2D eigenvalue weighted by atomic mass is 10.2. The van der Waals surface area contributed by atoms with E-state index in [2.05, 4.69) is 33.9 Å². The van der Waals surface area contributed by atoms with Crippen molar-refractivity contribution in [1.29, 1.82) is 0 Å². The molecule has 129 valence electrons. The largest absolute Gasteiger partial charge is 0.444 e. The first kappa shape index (κ1) is 19.5. The summed E-state index contributed by atoms with van der Waals surface area (Å²) in [7, 11) is -1.95. The third kappa shape index (κ3) is 4.70. The summed E-state index contributed by atoms with van der Waals surface area (Å²) in [6.45, 7) is 16.8. The van der Waals surface area contributed by atoms with Crippen molar-refractivity contribution in [3.05, 3.63) is 6.04 Å². The zero-order valence-corrected chi connectivity index (χ0v) is 16.3. The highest BCUT2D eigenvalue weighted by Crippen LogP contribution is 2.40. The summed E-state index contributed by atoms with van der Waals surface area (Å²) < 4.78 is 11.8. The van der Waals surface area contributed by atoms with E-state index in [1.807, 2.05) is 20.8 Å². The summed E-state index contributed by atoms with van der Waals surface area (Å²) in [5.74, 6) is 0. The van der Waals surface area contributed by atoms with E-state index in [0.29, 0.717) is 19.0 Å². The highest BCUT2D eigenvalue weighted by Gasteiger charge is 2.46. The summed E-state index contributed by atoms with van der Waals surface area (Å²) in [4.78, 5) is 13.8. The Morgan fingerprint density at radius 1 is 1.27 bits per heavy atom. The normalized spacial score (nSPS) is 21.3. The Kier molecular flexibility index (Phi) is 5.74. The maximum absolute atomic E-state index is 12.3. The van der Waals surface area contributed by atoms with Gasteiger partial charge in [0.25, 0.3) is 0 Å². The van der Waals surface area contributed by atoms with Crippen molar-refractivity contribution in [3.63, 3.8) is 0 Å². The minimum Gasteiger partial charge on any atom is -0.444 e. The number of rotatable bonds is 3. The van der Waals surface area contributed by atoms with Crippen LogP contribution in [-0.4, -0.2) is 49.3 Å². The summed E-state index contributed by atoms with van der Waals surface area (Å²) in [5.41, 5.74) is -0.546. The molecule has 1 rings (SSSR count). The molecule has 0 spiro atoms. The van der Waals surface area contributed by atoms with Crippen molar-refractivity contribution in [2.45, 2.75) is 77.8 Å². The first-order valence-corrected chi connectivity index (χ1v) is 10.8. The van der Waals surface area contributed by atoms with E-state index in [4.69, 9.17) is 9.16 Å². The van der Waals surface area contributed by atoms with E-state index in [9.17, 15) is 9.90 Å². The molecule has 1 aliphatic heterocycles. The van der Waals surface area contributed by atoms with Crippen molar-refractivity contribution in [2.75, 3.05) is 13.2 Å². The van der Waals surface area contributed by atoms with E-state index in [1.54, 1.807) is 0 Å². The van der Waals surface area contributed by atoms with E-state index in [0.717, 1.165) is 0 Å². The number of carbonyl (C=O) groups excluding carboxylic acids is 1. The Bertz CT molecular complexity index is 398. The molecule has 0 unspecified atom stereocenters. The van der Waals surface area contributed by atoms with E-state index < -0.39 is 20.0 Å². The van der Waals surface area contributed by atoms with Gasteiger partial charge >= 0.3 is 6.09 Å². The summed E-state index contributed by atoms with van der Waals surface area (Å²) in [5, 5.41) is 9.79. The van der Waals surface area contributed by atoms with Gasteiger partial charge in [-0.15, -0.1) is 0 Å². The van der Waals surface area contributed by atoms with Gasteiger partial charge in [-0.1, -0.05) is 20.8 Å². The minimum absolute atomic E-state index is 0.0902. The fraction of sp³-hybridized carbons (Fsp3) is 0.875. The molecule has 0 saturated carbocycles. The molecule has 0 aromatic carbocycles. The number of hydrogen-bond acceptors (Lipinski definition) is 4. The zero-order valence-electron chi connectivity index (χ0n) is 15.3. The quantitative estimate of drug-likeness (QED) is 0.804. The summed E-state index contributed by atoms with van der Waals surface area (Å²) in [6, 6.07) is 0.624. The van der Waals surface area contributed by atoms with Gasteiger partial charge in [0.1, 0.15) is 11.6 Å². The van der Waals surface area contributed by atoms with Crippen LogP contribution in [-0.2, 0) is 9.16 Å². The molecular weight excluding hydrogens is 298 g/mol. The second-order valence-corrected chi connectivity index (χ2v) is 13.2. The fourth-order valence-electron chi connectivity index (χ4n) is 2.10. The Balaban J connectivity index is 2.80. The van der Waals surface area contributed by atoms with E-state index >= 15 is 0 Å². The molecule has 1 aliphatic rings. The second-order valence-electron chi connectivity index (χ2n) is 8.44. The number of ether oxygens (including phenoxy) is 1. The average Bonchev–Trinajstić information content (AvgIpc) is 2.67. The molecule has 1 fully saturated rings. The lowest BCUT2D eigenvalue weighted by Crippen LogP contribution is -2.47. The van der Waals surface area contributed by atoms with E-state index in [1.165, 1.54) is 4.90 Å². The SMILES string of the molecule is CC(C)(C)OC(=O)N1CC[C@@H](O[Si](C)(C)C(C)(C)C)[C]1CO. The molecule has 0 aliphatic carbocycles. The zero-order chi connectivity index (χ0) is 17.3. The van der Waals surface area contributed by atoms with Gasteiger partial charge in [-0.05, 0) is 45.3 Å².